The fraction of sp³-hybridized carbons (Fsp3) is 0.200. The van der Waals surface area contributed by atoms with Crippen molar-refractivity contribution in [3.63, 3.8) is 0 Å². The summed E-state index contributed by atoms with van der Waals surface area (Å²) in [7, 11) is 2.10. The van der Waals surface area contributed by atoms with Crippen molar-refractivity contribution in [3.05, 3.63) is 51.3 Å². The van der Waals surface area contributed by atoms with Crippen molar-refractivity contribution in [2.75, 3.05) is 5.75 Å². The molecule has 0 saturated heterocycles. The monoisotopic (exact) mass is 316 g/mol. The van der Waals surface area contributed by atoms with E-state index < -0.39 is 0 Å². The predicted molar refractivity (Wildman–Crippen MR) is 88.3 cm³/mol. The number of terminal acetylenes is 1. The largest absolute Gasteiger partial charge is 0.152 e. The van der Waals surface area contributed by atoms with Gasteiger partial charge in [0.05, 0.1) is 0 Å². The quantitative estimate of drug-likeness (QED) is 0.467. The second-order valence-electron chi connectivity index (χ2n) is 3.97. The molecule has 0 aliphatic carbocycles. The third kappa shape index (κ3) is 6.06. The minimum Gasteiger partial charge on any atom is -0.152 e. The summed E-state index contributed by atoms with van der Waals surface area (Å²) >= 11 is 5.07. The van der Waals surface area contributed by atoms with Gasteiger partial charge in [-0.25, -0.2) is 0 Å². The molecule has 90 valence electrons. The number of hydrogen-bond acceptors (Lipinski definition) is 1. The molecule has 0 unspecified atom stereocenters. The van der Waals surface area contributed by atoms with Gasteiger partial charge in [-0.2, -0.15) is 11.8 Å². The van der Waals surface area contributed by atoms with Crippen molar-refractivity contribution < 1.29 is 0 Å². The molecule has 0 heterocycles. The highest BCUT2D eigenvalue weighted by atomic mass is 79.9. The van der Waals surface area contributed by atoms with Crippen LogP contribution in [0.25, 0.3) is 0 Å². The Kier molecular flexibility index (Phi) is 6.80. The standard InChI is InChI=1S/C15H14BBrS/c1-3-15(17)9-4-12(2)10-18-11-13-5-7-14(16)8-6-13/h1,5-8H,10-11,16H2,2H3. The van der Waals surface area contributed by atoms with Crippen LogP contribution in [0.4, 0.5) is 0 Å². The van der Waals surface area contributed by atoms with Crippen LogP contribution in [0.15, 0.2) is 45.8 Å². The fourth-order valence-electron chi connectivity index (χ4n) is 1.24. The Morgan fingerprint density at radius 3 is 2.61 bits per heavy atom. The summed E-state index contributed by atoms with van der Waals surface area (Å²) in [5.41, 5.74) is 9.72. The summed E-state index contributed by atoms with van der Waals surface area (Å²) in [4.78, 5) is 0. The lowest BCUT2D eigenvalue weighted by atomic mass is 9.96. The van der Waals surface area contributed by atoms with Gasteiger partial charge < -0.3 is 0 Å². The maximum atomic E-state index is 5.20. The summed E-state index contributed by atoms with van der Waals surface area (Å²) in [6.07, 6.45) is 5.20. The lowest BCUT2D eigenvalue weighted by Crippen LogP contribution is -2.00. The SMILES string of the molecule is Bc1ccc(CSCC(C)=C=C=C(Br)C#C)cc1. The summed E-state index contributed by atoms with van der Waals surface area (Å²) in [6, 6.07) is 8.63. The zero-order valence-corrected chi connectivity index (χ0v) is 13.0. The molecule has 0 aliphatic rings. The van der Waals surface area contributed by atoms with Gasteiger partial charge >= 0.3 is 0 Å². The zero-order chi connectivity index (χ0) is 13.4. The van der Waals surface area contributed by atoms with Crippen molar-refractivity contribution in [2.24, 2.45) is 0 Å². The molecule has 1 aromatic rings. The van der Waals surface area contributed by atoms with E-state index in [1.165, 1.54) is 11.0 Å². The number of benzene rings is 1. The van der Waals surface area contributed by atoms with Crippen LogP contribution in [-0.2, 0) is 5.75 Å². The smallest absolute Gasteiger partial charge is 0.139 e. The van der Waals surface area contributed by atoms with Gasteiger partial charge in [0.25, 0.3) is 0 Å². The molecule has 0 fully saturated rings. The van der Waals surface area contributed by atoms with E-state index in [9.17, 15) is 0 Å². The molecule has 0 saturated carbocycles. The number of hydrogen-bond donors (Lipinski definition) is 0. The maximum Gasteiger partial charge on any atom is 0.139 e. The summed E-state index contributed by atoms with van der Waals surface area (Å²) in [5, 5.41) is 0. The average molecular weight is 317 g/mol. The second kappa shape index (κ2) is 8.14. The molecule has 0 atom stereocenters. The van der Waals surface area contributed by atoms with Gasteiger partial charge in [-0.15, -0.1) is 6.42 Å². The Morgan fingerprint density at radius 1 is 1.33 bits per heavy atom. The third-order valence-corrected chi connectivity index (χ3v) is 3.82. The highest BCUT2D eigenvalue weighted by Crippen LogP contribution is 2.13. The van der Waals surface area contributed by atoms with Crippen molar-refractivity contribution in [1.29, 1.82) is 0 Å². The average Bonchev–Trinajstić information content (AvgIpc) is 2.38. The molecule has 0 amide bonds. The lowest BCUT2D eigenvalue weighted by molar-refractivity contribution is 1.38. The lowest BCUT2D eigenvalue weighted by Gasteiger charge is -2.01. The molecule has 0 aromatic heterocycles. The van der Waals surface area contributed by atoms with E-state index in [1.807, 2.05) is 18.7 Å². The van der Waals surface area contributed by atoms with Crippen LogP contribution in [0.3, 0.4) is 0 Å². The van der Waals surface area contributed by atoms with E-state index in [2.05, 4.69) is 65.4 Å². The maximum absolute atomic E-state index is 5.20. The molecule has 0 nitrogen and oxygen atoms in total. The van der Waals surface area contributed by atoms with Crippen LogP contribution < -0.4 is 5.46 Å². The molecule has 1 rings (SSSR count). The number of thioether (sulfide) groups is 1. The van der Waals surface area contributed by atoms with Crippen molar-refractivity contribution >= 4 is 41.0 Å². The molecular formula is C15H14BBrS. The molecule has 0 spiro atoms. The van der Waals surface area contributed by atoms with E-state index in [0.717, 1.165) is 17.1 Å². The summed E-state index contributed by atoms with van der Waals surface area (Å²) < 4.78 is 0.602. The van der Waals surface area contributed by atoms with Crippen LogP contribution in [0.5, 0.6) is 0 Å². The highest BCUT2D eigenvalue weighted by molar-refractivity contribution is 9.12. The Labute approximate surface area is 123 Å². The summed E-state index contributed by atoms with van der Waals surface area (Å²) in [6.45, 7) is 2.03. The van der Waals surface area contributed by atoms with Crippen LogP contribution in [0.2, 0.25) is 0 Å². The molecule has 3 heteroatoms. The van der Waals surface area contributed by atoms with Gasteiger partial charge in [0.2, 0.25) is 0 Å². The molecule has 0 bridgehead atoms. The first-order chi connectivity index (χ1) is 8.61. The van der Waals surface area contributed by atoms with E-state index in [1.54, 1.807) is 0 Å². The van der Waals surface area contributed by atoms with Crippen LogP contribution in [0.1, 0.15) is 12.5 Å². The first-order valence-electron chi connectivity index (χ1n) is 5.58. The van der Waals surface area contributed by atoms with Gasteiger partial charge in [0.15, 0.2) is 0 Å². The van der Waals surface area contributed by atoms with Gasteiger partial charge in [-0.3, -0.25) is 0 Å². The first kappa shape index (κ1) is 15.0. The van der Waals surface area contributed by atoms with Crippen molar-refractivity contribution in [1.82, 2.24) is 0 Å². The minimum absolute atomic E-state index is 0.602. The second-order valence-corrected chi connectivity index (χ2v) is 5.75. The van der Waals surface area contributed by atoms with Crippen LogP contribution in [-0.4, -0.2) is 13.6 Å². The molecule has 0 N–H and O–H groups in total. The van der Waals surface area contributed by atoms with E-state index in [-0.39, 0.29) is 0 Å². The molecule has 0 aliphatic heterocycles. The minimum atomic E-state index is 0.602. The topological polar surface area (TPSA) is 0 Å². The summed E-state index contributed by atoms with van der Waals surface area (Å²) in [5.74, 6) is 4.40. The zero-order valence-electron chi connectivity index (χ0n) is 10.6. The molecular weight excluding hydrogens is 303 g/mol. The fourth-order valence-corrected chi connectivity index (χ4v) is 2.25. The number of allylic oxidation sites excluding steroid dienone is 1. The van der Waals surface area contributed by atoms with E-state index in [4.69, 9.17) is 6.42 Å². The predicted octanol–water partition coefficient (Wildman–Crippen LogP) is 2.79. The van der Waals surface area contributed by atoms with Crippen LogP contribution in [0, 0.1) is 12.3 Å². The van der Waals surface area contributed by atoms with Crippen molar-refractivity contribution in [3.8, 4) is 12.3 Å². The van der Waals surface area contributed by atoms with E-state index in [0.29, 0.717) is 4.48 Å². The third-order valence-electron chi connectivity index (χ3n) is 2.22. The first-order valence-corrected chi connectivity index (χ1v) is 7.53. The highest BCUT2D eigenvalue weighted by Gasteiger charge is 1.94. The van der Waals surface area contributed by atoms with Gasteiger partial charge in [-0.1, -0.05) is 41.4 Å². The normalized spacial score (nSPS) is 8.94. The Balaban J connectivity index is 2.50. The Bertz CT molecular complexity index is 539. The number of rotatable bonds is 4. The van der Waals surface area contributed by atoms with Gasteiger partial charge in [0, 0.05) is 11.5 Å². The Morgan fingerprint density at radius 2 is 2.00 bits per heavy atom. The molecule has 18 heavy (non-hydrogen) atoms. The number of halogens is 1. The van der Waals surface area contributed by atoms with Crippen LogP contribution >= 0.6 is 27.7 Å². The van der Waals surface area contributed by atoms with Gasteiger partial charge in [0.1, 0.15) is 12.3 Å². The molecule has 0 radical (unpaired) electrons. The van der Waals surface area contributed by atoms with Gasteiger partial charge in [-0.05, 0) is 39.7 Å². The van der Waals surface area contributed by atoms with Crippen molar-refractivity contribution in [2.45, 2.75) is 12.7 Å². The molecule has 1 aromatic carbocycles. The Hall–Kier alpha value is -1.03. The van der Waals surface area contributed by atoms with E-state index >= 15 is 0 Å².